The highest BCUT2D eigenvalue weighted by atomic mass is 16.5. The van der Waals surface area contributed by atoms with Crippen molar-refractivity contribution in [2.75, 3.05) is 0 Å². The van der Waals surface area contributed by atoms with E-state index in [1.807, 2.05) is 36.4 Å². The molecule has 2 atom stereocenters. The molecule has 0 aliphatic heterocycles. The molecule has 2 aromatic carbocycles. The van der Waals surface area contributed by atoms with Crippen molar-refractivity contribution >= 4 is 0 Å². The minimum Gasteiger partial charge on any atom is -0.488 e. The Kier molecular flexibility index (Phi) is 4.21. The third-order valence-corrected chi connectivity index (χ3v) is 4.12. The maximum absolute atomic E-state index is 9.30. The van der Waals surface area contributed by atoms with Crippen LogP contribution in [0.4, 0.5) is 0 Å². The number of ether oxygens (including phenoxy) is 1. The molecule has 2 aromatic rings. The fourth-order valence-corrected chi connectivity index (χ4v) is 2.97. The first-order chi connectivity index (χ1) is 10.4. The molecule has 1 aliphatic rings. The van der Waals surface area contributed by atoms with Crippen LogP contribution in [-0.2, 0) is 0 Å². The largest absolute Gasteiger partial charge is 0.488 e. The molecule has 21 heavy (non-hydrogen) atoms. The van der Waals surface area contributed by atoms with Crippen LogP contribution in [0, 0.1) is 17.2 Å². The molecular weight excluding hydrogens is 258 g/mol. The maximum Gasteiger partial charge on any atom is 0.127 e. The topological polar surface area (TPSA) is 33.0 Å². The van der Waals surface area contributed by atoms with Gasteiger partial charge in [0.25, 0.3) is 0 Å². The summed E-state index contributed by atoms with van der Waals surface area (Å²) in [5.74, 6) is 0.901. The lowest BCUT2D eigenvalue weighted by molar-refractivity contribution is 0.121. The summed E-state index contributed by atoms with van der Waals surface area (Å²) in [6, 6.07) is 20.8. The number of benzene rings is 2. The Bertz CT molecular complexity index is 630. The van der Waals surface area contributed by atoms with E-state index in [2.05, 4.69) is 24.3 Å². The van der Waals surface area contributed by atoms with Gasteiger partial charge in [0.1, 0.15) is 11.9 Å². The molecule has 1 aliphatic carbocycles. The Morgan fingerprint density at radius 2 is 1.62 bits per heavy atom. The number of para-hydroxylation sites is 1. The molecule has 106 valence electrons. The summed E-state index contributed by atoms with van der Waals surface area (Å²) in [7, 11) is 0. The van der Waals surface area contributed by atoms with Crippen molar-refractivity contribution in [2.24, 2.45) is 5.92 Å². The van der Waals surface area contributed by atoms with E-state index < -0.39 is 0 Å². The number of rotatable bonds is 3. The Labute approximate surface area is 126 Å². The molecule has 0 amide bonds. The second-order valence-electron chi connectivity index (χ2n) is 5.54. The number of hydrogen-bond donors (Lipinski definition) is 0. The minimum atomic E-state index is 0.0163. The Morgan fingerprint density at radius 3 is 2.43 bits per heavy atom. The van der Waals surface area contributed by atoms with Crippen LogP contribution in [0.3, 0.4) is 0 Å². The number of hydrogen-bond acceptors (Lipinski definition) is 2. The van der Waals surface area contributed by atoms with Crippen LogP contribution >= 0.6 is 0 Å². The van der Waals surface area contributed by atoms with E-state index in [1.165, 1.54) is 0 Å². The van der Waals surface area contributed by atoms with Gasteiger partial charge in [0.15, 0.2) is 0 Å². The molecule has 0 N–H and O–H groups in total. The predicted molar refractivity (Wildman–Crippen MR) is 83.9 cm³/mol. The monoisotopic (exact) mass is 277 g/mol. The van der Waals surface area contributed by atoms with E-state index >= 15 is 0 Å². The molecule has 1 saturated carbocycles. The summed E-state index contributed by atoms with van der Waals surface area (Å²) < 4.78 is 6.22. The summed E-state index contributed by atoms with van der Waals surface area (Å²) >= 11 is 0. The fourth-order valence-electron chi connectivity index (χ4n) is 2.97. The van der Waals surface area contributed by atoms with Crippen molar-refractivity contribution in [1.82, 2.24) is 0 Å². The van der Waals surface area contributed by atoms with Gasteiger partial charge in [0.2, 0.25) is 0 Å². The highest BCUT2D eigenvalue weighted by Gasteiger charge is 2.27. The van der Waals surface area contributed by atoms with Gasteiger partial charge >= 0.3 is 0 Å². The summed E-state index contributed by atoms with van der Waals surface area (Å²) in [5, 5.41) is 9.30. The van der Waals surface area contributed by atoms with Crippen molar-refractivity contribution in [2.45, 2.75) is 31.8 Å². The first-order valence-electron chi connectivity index (χ1n) is 7.59. The molecule has 0 spiro atoms. The molecule has 0 radical (unpaired) electrons. The van der Waals surface area contributed by atoms with Gasteiger partial charge in [-0.3, -0.25) is 0 Å². The van der Waals surface area contributed by atoms with E-state index in [0.717, 1.165) is 42.6 Å². The second-order valence-corrected chi connectivity index (χ2v) is 5.54. The van der Waals surface area contributed by atoms with Gasteiger partial charge in [0.05, 0.1) is 12.0 Å². The van der Waals surface area contributed by atoms with Crippen molar-refractivity contribution in [3.05, 3.63) is 54.6 Å². The summed E-state index contributed by atoms with van der Waals surface area (Å²) in [6.07, 6.45) is 4.23. The highest BCUT2D eigenvalue weighted by molar-refractivity contribution is 5.70. The normalized spacial score (nSPS) is 21.5. The number of nitriles is 1. The van der Waals surface area contributed by atoms with E-state index in [9.17, 15) is 5.26 Å². The minimum absolute atomic E-state index is 0.0163. The molecule has 0 saturated heterocycles. The number of nitrogens with zero attached hydrogens (tertiary/aromatic N) is 1. The van der Waals surface area contributed by atoms with Gasteiger partial charge in [-0.25, -0.2) is 0 Å². The smallest absolute Gasteiger partial charge is 0.127 e. The van der Waals surface area contributed by atoms with Crippen LogP contribution in [0.25, 0.3) is 11.1 Å². The highest BCUT2D eigenvalue weighted by Crippen LogP contribution is 2.34. The molecule has 1 fully saturated rings. The molecule has 3 rings (SSSR count). The van der Waals surface area contributed by atoms with Crippen molar-refractivity contribution in [3.63, 3.8) is 0 Å². The summed E-state index contributed by atoms with van der Waals surface area (Å²) in [6.45, 7) is 0. The van der Waals surface area contributed by atoms with Crippen LogP contribution in [-0.4, -0.2) is 6.10 Å². The summed E-state index contributed by atoms with van der Waals surface area (Å²) in [4.78, 5) is 0. The fraction of sp³-hybridized carbons (Fsp3) is 0.316. The molecule has 2 unspecified atom stereocenters. The zero-order valence-corrected chi connectivity index (χ0v) is 12.0. The molecule has 2 heteroatoms. The zero-order valence-electron chi connectivity index (χ0n) is 12.0. The first-order valence-corrected chi connectivity index (χ1v) is 7.59. The Hall–Kier alpha value is -2.27. The van der Waals surface area contributed by atoms with Gasteiger partial charge in [0, 0.05) is 5.56 Å². The standard InChI is InChI=1S/C19H19NO/c20-14-16-10-4-6-12-18(16)21-19-13-7-5-11-17(19)15-8-2-1-3-9-15/h1-3,5,7-9,11,13,16,18H,4,6,10,12H2. The van der Waals surface area contributed by atoms with Crippen LogP contribution in [0.1, 0.15) is 25.7 Å². The van der Waals surface area contributed by atoms with Crippen LogP contribution in [0.15, 0.2) is 54.6 Å². The third kappa shape index (κ3) is 3.08. The van der Waals surface area contributed by atoms with Crippen molar-refractivity contribution in [1.29, 1.82) is 5.26 Å². The van der Waals surface area contributed by atoms with Gasteiger partial charge in [-0.05, 0) is 30.9 Å². The van der Waals surface area contributed by atoms with E-state index in [1.54, 1.807) is 0 Å². The molecule has 2 nitrogen and oxygen atoms in total. The molecular formula is C19H19NO. The molecule has 0 bridgehead atoms. The average molecular weight is 277 g/mol. The van der Waals surface area contributed by atoms with Crippen LogP contribution in [0.2, 0.25) is 0 Å². The Morgan fingerprint density at radius 1 is 0.905 bits per heavy atom. The maximum atomic E-state index is 9.30. The lowest BCUT2D eigenvalue weighted by Gasteiger charge is -2.28. The summed E-state index contributed by atoms with van der Waals surface area (Å²) in [5.41, 5.74) is 2.25. The van der Waals surface area contributed by atoms with E-state index in [0.29, 0.717) is 0 Å². The van der Waals surface area contributed by atoms with Crippen molar-refractivity contribution < 1.29 is 4.74 Å². The van der Waals surface area contributed by atoms with Gasteiger partial charge in [-0.15, -0.1) is 0 Å². The molecule has 0 aromatic heterocycles. The third-order valence-electron chi connectivity index (χ3n) is 4.12. The van der Waals surface area contributed by atoms with Crippen molar-refractivity contribution in [3.8, 4) is 22.9 Å². The van der Waals surface area contributed by atoms with Gasteiger partial charge < -0.3 is 4.74 Å². The molecule has 0 heterocycles. The van der Waals surface area contributed by atoms with Gasteiger partial charge in [-0.1, -0.05) is 55.0 Å². The Balaban J connectivity index is 1.88. The second kappa shape index (κ2) is 6.45. The predicted octanol–water partition coefficient (Wildman–Crippen LogP) is 4.81. The lowest BCUT2D eigenvalue weighted by atomic mass is 9.87. The van der Waals surface area contributed by atoms with Crippen LogP contribution in [0.5, 0.6) is 5.75 Å². The zero-order chi connectivity index (χ0) is 14.5. The van der Waals surface area contributed by atoms with Gasteiger partial charge in [-0.2, -0.15) is 5.26 Å². The van der Waals surface area contributed by atoms with E-state index in [-0.39, 0.29) is 12.0 Å². The average Bonchev–Trinajstić information content (AvgIpc) is 2.57. The van der Waals surface area contributed by atoms with E-state index in [4.69, 9.17) is 4.74 Å². The first kappa shape index (κ1) is 13.7. The van der Waals surface area contributed by atoms with Crippen LogP contribution < -0.4 is 4.74 Å². The SMILES string of the molecule is N#CC1CCCCC1Oc1ccccc1-c1ccccc1. The lowest BCUT2D eigenvalue weighted by Crippen LogP contribution is -2.29. The quantitative estimate of drug-likeness (QED) is 0.806.